The SMILES string of the molecule is C=C1CCC2C(CNCc3ccc(C)cc3)C(C3(C)CCC(O)CC3CO)CCC12C. The Morgan fingerprint density at radius 2 is 1.81 bits per heavy atom. The van der Waals surface area contributed by atoms with Gasteiger partial charge < -0.3 is 15.5 Å². The van der Waals surface area contributed by atoms with E-state index in [1.165, 1.54) is 42.4 Å². The van der Waals surface area contributed by atoms with Gasteiger partial charge in [-0.2, -0.15) is 0 Å². The molecule has 1 aromatic carbocycles. The Morgan fingerprint density at radius 1 is 1.06 bits per heavy atom. The van der Waals surface area contributed by atoms with Crippen molar-refractivity contribution in [3.05, 3.63) is 47.5 Å². The number of benzene rings is 1. The highest BCUT2D eigenvalue weighted by Gasteiger charge is 2.56. The van der Waals surface area contributed by atoms with Crippen LogP contribution in [0.3, 0.4) is 0 Å². The molecule has 0 amide bonds. The summed E-state index contributed by atoms with van der Waals surface area (Å²) in [7, 11) is 0. The second-order valence-electron chi connectivity index (χ2n) is 11.4. The van der Waals surface area contributed by atoms with Crippen molar-refractivity contribution in [2.24, 2.45) is 34.5 Å². The van der Waals surface area contributed by atoms with E-state index in [0.717, 1.165) is 32.4 Å². The smallest absolute Gasteiger partial charge is 0.0544 e. The first-order chi connectivity index (χ1) is 14.8. The van der Waals surface area contributed by atoms with E-state index in [1.807, 2.05) is 0 Å². The largest absolute Gasteiger partial charge is 0.396 e. The highest BCUT2D eigenvalue weighted by atomic mass is 16.3. The quantitative estimate of drug-likeness (QED) is 0.546. The second kappa shape index (κ2) is 9.00. The maximum atomic E-state index is 10.3. The molecule has 0 radical (unpaired) electrons. The molecular weight excluding hydrogens is 382 g/mol. The van der Waals surface area contributed by atoms with Gasteiger partial charge in [0.25, 0.3) is 0 Å². The number of aliphatic hydroxyl groups excluding tert-OH is 2. The van der Waals surface area contributed by atoms with Crippen LogP contribution in [0.15, 0.2) is 36.4 Å². The van der Waals surface area contributed by atoms with E-state index in [-0.39, 0.29) is 29.5 Å². The molecule has 3 aliphatic rings. The fourth-order valence-corrected chi connectivity index (χ4v) is 7.56. The lowest BCUT2D eigenvalue weighted by molar-refractivity contribution is -0.0933. The Kier molecular flexibility index (Phi) is 6.68. The molecule has 3 fully saturated rings. The predicted molar refractivity (Wildman–Crippen MR) is 128 cm³/mol. The van der Waals surface area contributed by atoms with Crippen molar-refractivity contribution in [1.82, 2.24) is 5.32 Å². The van der Waals surface area contributed by atoms with Crippen LogP contribution in [0, 0.1) is 41.4 Å². The van der Waals surface area contributed by atoms with E-state index in [9.17, 15) is 10.2 Å². The van der Waals surface area contributed by atoms with Gasteiger partial charge in [-0.05, 0) is 98.5 Å². The first kappa shape index (κ1) is 23.0. The summed E-state index contributed by atoms with van der Waals surface area (Å²) in [6.45, 7) is 13.6. The zero-order valence-corrected chi connectivity index (χ0v) is 19.9. The lowest BCUT2D eigenvalue weighted by Crippen LogP contribution is -2.53. The molecule has 4 rings (SSSR count). The van der Waals surface area contributed by atoms with Crippen LogP contribution in [0.1, 0.15) is 69.9 Å². The molecule has 0 bridgehead atoms. The predicted octanol–water partition coefficient (Wildman–Crippen LogP) is 5.24. The first-order valence-corrected chi connectivity index (χ1v) is 12.5. The molecule has 7 unspecified atom stereocenters. The van der Waals surface area contributed by atoms with E-state index >= 15 is 0 Å². The average molecular weight is 426 g/mol. The molecular formula is C28H43NO2. The van der Waals surface area contributed by atoms with Crippen LogP contribution >= 0.6 is 0 Å². The van der Waals surface area contributed by atoms with Crippen molar-refractivity contribution in [2.75, 3.05) is 13.2 Å². The Morgan fingerprint density at radius 3 is 2.52 bits per heavy atom. The van der Waals surface area contributed by atoms with Gasteiger partial charge in [0.15, 0.2) is 0 Å². The molecule has 172 valence electrons. The van der Waals surface area contributed by atoms with Gasteiger partial charge in [-0.3, -0.25) is 0 Å². The van der Waals surface area contributed by atoms with E-state index in [0.29, 0.717) is 17.8 Å². The van der Waals surface area contributed by atoms with Gasteiger partial charge in [0.2, 0.25) is 0 Å². The van der Waals surface area contributed by atoms with E-state index in [1.54, 1.807) is 0 Å². The van der Waals surface area contributed by atoms with Gasteiger partial charge in [0.05, 0.1) is 6.10 Å². The fraction of sp³-hybridized carbons (Fsp3) is 0.714. The lowest BCUT2D eigenvalue weighted by atomic mass is 9.49. The lowest BCUT2D eigenvalue weighted by Gasteiger charge is -2.56. The Balaban J connectivity index is 1.56. The Hall–Kier alpha value is -1.16. The number of hydrogen-bond donors (Lipinski definition) is 3. The van der Waals surface area contributed by atoms with Gasteiger partial charge in [-0.25, -0.2) is 0 Å². The molecule has 1 aromatic rings. The van der Waals surface area contributed by atoms with Crippen molar-refractivity contribution in [3.63, 3.8) is 0 Å². The fourth-order valence-electron chi connectivity index (χ4n) is 7.56. The Bertz CT molecular complexity index is 774. The third-order valence-corrected chi connectivity index (χ3v) is 9.79. The van der Waals surface area contributed by atoms with Gasteiger partial charge in [-0.1, -0.05) is 55.8 Å². The molecule has 0 spiro atoms. The molecule has 7 atom stereocenters. The summed E-state index contributed by atoms with van der Waals surface area (Å²) >= 11 is 0. The summed E-state index contributed by atoms with van der Waals surface area (Å²) in [6, 6.07) is 8.85. The summed E-state index contributed by atoms with van der Waals surface area (Å²) in [5.41, 5.74) is 4.49. The molecule has 3 aliphatic carbocycles. The summed E-state index contributed by atoms with van der Waals surface area (Å²) in [5, 5.41) is 24.4. The number of aryl methyl sites for hydroxylation is 1. The number of fused-ring (bicyclic) bond motifs is 1. The van der Waals surface area contributed by atoms with Crippen LogP contribution < -0.4 is 5.32 Å². The van der Waals surface area contributed by atoms with Gasteiger partial charge in [-0.15, -0.1) is 0 Å². The van der Waals surface area contributed by atoms with Gasteiger partial charge in [0, 0.05) is 13.2 Å². The summed E-state index contributed by atoms with van der Waals surface area (Å²) in [6.07, 6.45) is 7.28. The zero-order chi connectivity index (χ0) is 22.2. The van der Waals surface area contributed by atoms with Crippen LogP contribution in [0.5, 0.6) is 0 Å². The topological polar surface area (TPSA) is 52.5 Å². The van der Waals surface area contributed by atoms with Crippen LogP contribution in [-0.2, 0) is 6.54 Å². The number of aliphatic hydroxyl groups is 2. The molecule has 3 nitrogen and oxygen atoms in total. The minimum atomic E-state index is -0.247. The number of hydrogen-bond acceptors (Lipinski definition) is 3. The van der Waals surface area contributed by atoms with E-state index in [4.69, 9.17) is 0 Å². The molecule has 0 heterocycles. The monoisotopic (exact) mass is 425 g/mol. The molecule has 0 aromatic heterocycles. The van der Waals surface area contributed by atoms with Gasteiger partial charge in [0.1, 0.15) is 0 Å². The summed E-state index contributed by atoms with van der Waals surface area (Å²) < 4.78 is 0. The second-order valence-corrected chi connectivity index (χ2v) is 11.4. The molecule has 3 heteroatoms. The third kappa shape index (κ3) is 4.26. The zero-order valence-electron chi connectivity index (χ0n) is 19.9. The number of nitrogens with one attached hydrogen (secondary N) is 1. The van der Waals surface area contributed by atoms with Crippen molar-refractivity contribution >= 4 is 0 Å². The highest BCUT2D eigenvalue weighted by molar-refractivity contribution is 5.22. The molecule has 0 saturated heterocycles. The van der Waals surface area contributed by atoms with E-state index < -0.39 is 0 Å². The minimum Gasteiger partial charge on any atom is -0.396 e. The number of allylic oxidation sites excluding steroid dienone is 1. The van der Waals surface area contributed by atoms with Crippen molar-refractivity contribution in [2.45, 2.75) is 78.4 Å². The molecule has 0 aliphatic heterocycles. The maximum absolute atomic E-state index is 10.3. The normalized spacial score (nSPS) is 40.7. The first-order valence-electron chi connectivity index (χ1n) is 12.5. The highest BCUT2D eigenvalue weighted by Crippen LogP contribution is 2.63. The van der Waals surface area contributed by atoms with Crippen LogP contribution in [0.4, 0.5) is 0 Å². The van der Waals surface area contributed by atoms with E-state index in [2.05, 4.69) is 56.9 Å². The molecule has 31 heavy (non-hydrogen) atoms. The van der Waals surface area contributed by atoms with Crippen molar-refractivity contribution in [3.8, 4) is 0 Å². The molecule has 3 N–H and O–H groups in total. The minimum absolute atomic E-state index is 0.107. The third-order valence-electron chi connectivity index (χ3n) is 9.79. The summed E-state index contributed by atoms with van der Waals surface area (Å²) in [5.74, 6) is 2.06. The van der Waals surface area contributed by atoms with Crippen LogP contribution in [0.25, 0.3) is 0 Å². The number of rotatable bonds is 6. The van der Waals surface area contributed by atoms with Crippen LogP contribution in [0.2, 0.25) is 0 Å². The Labute approximate surface area is 189 Å². The van der Waals surface area contributed by atoms with Gasteiger partial charge >= 0.3 is 0 Å². The van der Waals surface area contributed by atoms with Crippen molar-refractivity contribution < 1.29 is 10.2 Å². The average Bonchev–Trinajstić information content (AvgIpc) is 3.06. The molecule has 3 saturated carbocycles. The van der Waals surface area contributed by atoms with Crippen molar-refractivity contribution in [1.29, 1.82) is 0 Å². The summed E-state index contributed by atoms with van der Waals surface area (Å²) in [4.78, 5) is 0. The standard InChI is InChI=1S/C28H43NO2/c1-19-5-8-21(9-6-19)16-29-17-24-25-10-7-20(2)27(25,3)14-12-26(24)28(4)13-11-23(31)15-22(28)18-30/h5-6,8-9,22-26,29-31H,2,7,10-18H2,1,3-4H3. The van der Waals surface area contributed by atoms with Crippen LogP contribution in [-0.4, -0.2) is 29.5 Å². The maximum Gasteiger partial charge on any atom is 0.0544 e.